The van der Waals surface area contributed by atoms with Gasteiger partial charge in [0.1, 0.15) is 0 Å². The number of H-pyrrole nitrogens is 1. The Morgan fingerprint density at radius 2 is 1.81 bits per heavy atom. The number of carbonyl (C=O) groups is 3. The Balaban J connectivity index is 1.36. The fourth-order valence-electron chi connectivity index (χ4n) is 4.66. The number of carboxylic acids is 1. The lowest BCUT2D eigenvalue weighted by Gasteiger charge is -2.23. The van der Waals surface area contributed by atoms with Crippen LogP contribution in [0.1, 0.15) is 36.0 Å². The topological polar surface area (TPSA) is 141 Å². The summed E-state index contributed by atoms with van der Waals surface area (Å²) < 4.78 is 5.44. The SMILES string of the molecule is Cc1ccccc1C(C)COC(=O)Nc1cccc(CN(CCC(=O)O)C(=O)CNc2ccc3cc[nH]c(=O)c3c2)c1. The van der Waals surface area contributed by atoms with Crippen molar-refractivity contribution >= 4 is 40.1 Å². The summed E-state index contributed by atoms with van der Waals surface area (Å²) in [6.07, 6.45) is 0.757. The second-order valence-electron chi connectivity index (χ2n) is 10.1. The number of ether oxygens (including phenoxy) is 1. The third-order valence-electron chi connectivity index (χ3n) is 6.90. The first-order chi connectivity index (χ1) is 20.2. The largest absolute Gasteiger partial charge is 0.481 e. The standard InChI is InChI=1S/C32H34N4O6/c1-21-6-3-4-9-27(21)22(2)20-42-32(41)35-26-8-5-7-23(16-26)19-36(15-13-30(38)39)29(37)18-34-25-11-10-24-12-14-33-31(40)28(24)17-25/h3-12,14,16-17,22,34H,13,15,18-20H2,1-2H3,(H,33,40)(H,35,41)(H,38,39). The molecule has 10 heteroatoms. The summed E-state index contributed by atoms with van der Waals surface area (Å²) >= 11 is 0. The van der Waals surface area contributed by atoms with Crippen LogP contribution in [0.2, 0.25) is 0 Å². The van der Waals surface area contributed by atoms with Crippen molar-refractivity contribution in [2.45, 2.75) is 32.7 Å². The number of aliphatic carboxylic acids is 1. The highest BCUT2D eigenvalue weighted by Gasteiger charge is 2.17. The van der Waals surface area contributed by atoms with Crippen molar-refractivity contribution in [2.75, 3.05) is 30.3 Å². The van der Waals surface area contributed by atoms with Crippen LogP contribution >= 0.6 is 0 Å². The molecule has 0 spiro atoms. The lowest BCUT2D eigenvalue weighted by Crippen LogP contribution is -2.36. The molecule has 0 aliphatic rings. The maximum Gasteiger partial charge on any atom is 0.411 e. The van der Waals surface area contributed by atoms with E-state index < -0.39 is 12.1 Å². The van der Waals surface area contributed by atoms with E-state index in [4.69, 9.17) is 4.74 Å². The third-order valence-corrected chi connectivity index (χ3v) is 6.90. The zero-order valence-corrected chi connectivity index (χ0v) is 23.6. The fraction of sp³-hybridized carbons (Fsp3) is 0.250. The molecular weight excluding hydrogens is 536 g/mol. The van der Waals surface area contributed by atoms with Crippen LogP contribution in [0.5, 0.6) is 0 Å². The molecule has 0 saturated heterocycles. The predicted molar refractivity (Wildman–Crippen MR) is 162 cm³/mol. The number of benzene rings is 3. The van der Waals surface area contributed by atoms with E-state index in [1.165, 1.54) is 4.90 Å². The zero-order chi connectivity index (χ0) is 30.1. The summed E-state index contributed by atoms with van der Waals surface area (Å²) in [5.41, 5.74) is 3.80. The van der Waals surface area contributed by atoms with Crippen molar-refractivity contribution in [1.82, 2.24) is 9.88 Å². The molecule has 1 atom stereocenters. The van der Waals surface area contributed by atoms with Crippen LogP contribution in [-0.4, -0.2) is 52.7 Å². The quantitative estimate of drug-likeness (QED) is 0.186. The highest BCUT2D eigenvalue weighted by molar-refractivity contribution is 5.87. The molecule has 4 aromatic rings. The van der Waals surface area contributed by atoms with Crippen molar-refractivity contribution in [3.63, 3.8) is 0 Å². The first kappa shape index (κ1) is 29.9. The van der Waals surface area contributed by atoms with Gasteiger partial charge >= 0.3 is 12.1 Å². The maximum absolute atomic E-state index is 13.1. The minimum atomic E-state index is -1.02. The summed E-state index contributed by atoms with van der Waals surface area (Å²) in [6.45, 7) is 4.27. The average Bonchev–Trinajstić information content (AvgIpc) is 2.97. The lowest BCUT2D eigenvalue weighted by molar-refractivity contribution is -0.138. The molecular formula is C32H34N4O6. The number of aryl methyl sites for hydroxylation is 1. The lowest BCUT2D eigenvalue weighted by atomic mass is 9.97. The second kappa shape index (κ2) is 14.0. The zero-order valence-electron chi connectivity index (χ0n) is 23.6. The van der Waals surface area contributed by atoms with Gasteiger partial charge in [-0.25, -0.2) is 4.79 Å². The van der Waals surface area contributed by atoms with Crippen LogP contribution in [0.25, 0.3) is 10.8 Å². The van der Waals surface area contributed by atoms with Crippen LogP contribution in [-0.2, 0) is 20.9 Å². The molecule has 0 aliphatic carbocycles. The fourth-order valence-corrected chi connectivity index (χ4v) is 4.66. The third kappa shape index (κ3) is 8.20. The number of amides is 2. The van der Waals surface area contributed by atoms with Crippen LogP contribution in [0.15, 0.2) is 83.8 Å². The summed E-state index contributed by atoms with van der Waals surface area (Å²) in [4.78, 5) is 53.1. The number of carboxylic acid groups (broad SMARTS) is 1. The van der Waals surface area contributed by atoms with Gasteiger partial charge in [-0.2, -0.15) is 0 Å². The van der Waals surface area contributed by atoms with Gasteiger partial charge in [0.05, 0.1) is 19.6 Å². The molecule has 0 radical (unpaired) electrons. The average molecular weight is 571 g/mol. The number of fused-ring (bicyclic) bond motifs is 1. The van der Waals surface area contributed by atoms with Gasteiger partial charge in [-0.1, -0.05) is 49.4 Å². The van der Waals surface area contributed by atoms with Gasteiger partial charge in [0.15, 0.2) is 0 Å². The molecule has 1 heterocycles. The molecule has 42 heavy (non-hydrogen) atoms. The number of aromatic amines is 1. The van der Waals surface area contributed by atoms with E-state index in [0.717, 1.165) is 16.5 Å². The molecule has 4 N–H and O–H groups in total. The molecule has 0 aliphatic heterocycles. The van der Waals surface area contributed by atoms with Gasteiger partial charge < -0.3 is 25.0 Å². The van der Waals surface area contributed by atoms with Crippen LogP contribution in [0.4, 0.5) is 16.2 Å². The van der Waals surface area contributed by atoms with E-state index in [1.807, 2.05) is 38.1 Å². The van der Waals surface area contributed by atoms with Crippen molar-refractivity contribution in [1.29, 1.82) is 0 Å². The molecule has 10 nitrogen and oxygen atoms in total. The van der Waals surface area contributed by atoms with Gasteiger partial charge in [-0.3, -0.25) is 19.7 Å². The second-order valence-corrected chi connectivity index (χ2v) is 10.1. The number of aromatic nitrogens is 1. The Morgan fingerprint density at radius 1 is 1.00 bits per heavy atom. The van der Waals surface area contributed by atoms with Crippen molar-refractivity contribution in [2.24, 2.45) is 0 Å². The summed E-state index contributed by atoms with van der Waals surface area (Å²) in [5, 5.41) is 16.2. The van der Waals surface area contributed by atoms with Crippen LogP contribution < -0.4 is 16.2 Å². The van der Waals surface area contributed by atoms with Crippen LogP contribution in [0, 0.1) is 6.92 Å². The molecule has 4 rings (SSSR count). The number of pyridine rings is 1. The van der Waals surface area contributed by atoms with E-state index in [2.05, 4.69) is 15.6 Å². The predicted octanol–water partition coefficient (Wildman–Crippen LogP) is 5.10. The monoisotopic (exact) mass is 570 g/mol. The number of anilines is 2. The summed E-state index contributed by atoms with van der Waals surface area (Å²) in [6, 6.07) is 21.9. The van der Waals surface area contributed by atoms with Gasteiger partial charge in [0.2, 0.25) is 5.91 Å². The minimum Gasteiger partial charge on any atom is -0.481 e. The van der Waals surface area contributed by atoms with Crippen molar-refractivity contribution in [3.05, 3.63) is 106 Å². The smallest absolute Gasteiger partial charge is 0.411 e. The number of carbonyl (C=O) groups excluding carboxylic acids is 2. The Morgan fingerprint density at radius 3 is 2.60 bits per heavy atom. The Kier molecular flexibility index (Phi) is 9.94. The molecule has 2 amide bonds. The molecule has 0 saturated carbocycles. The number of hydrogen-bond donors (Lipinski definition) is 4. The van der Waals surface area contributed by atoms with Gasteiger partial charge in [0, 0.05) is 42.0 Å². The first-order valence-corrected chi connectivity index (χ1v) is 13.6. The number of nitrogens with one attached hydrogen (secondary N) is 3. The van der Waals surface area contributed by atoms with E-state index in [9.17, 15) is 24.3 Å². The van der Waals surface area contributed by atoms with E-state index in [0.29, 0.717) is 22.3 Å². The van der Waals surface area contributed by atoms with Crippen LogP contribution in [0.3, 0.4) is 0 Å². The normalized spacial score (nSPS) is 11.5. The summed E-state index contributed by atoms with van der Waals surface area (Å²) in [5.74, 6) is -1.31. The highest BCUT2D eigenvalue weighted by Crippen LogP contribution is 2.20. The minimum absolute atomic E-state index is 0.00369. The maximum atomic E-state index is 13.1. The van der Waals surface area contributed by atoms with E-state index >= 15 is 0 Å². The molecule has 1 aromatic heterocycles. The Hall–Kier alpha value is -5.12. The first-order valence-electron chi connectivity index (χ1n) is 13.6. The highest BCUT2D eigenvalue weighted by atomic mass is 16.5. The summed E-state index contributed by atoms with van der Waals surface area (Å²) in [7, 11) is 0. The molecule has 218 valence electrons. The molecule has 0 bridgehead atoms. The number of rotatable bonds is 12. The van der Waals surface area contributed by atoms with Crippen molar-refractivity contribution < 1.29 is 24.2 Å². The van der Waals surface area contributed by atoms with Gasteiger partial charge in [0.25, 0.3) is 5.56 Å². The molecule has 3 aromatic carbocycles. The number of hydrogen-bond acceptors (Lipinski definition) is 6. The van der Waals surface area contributed by atoms with E-state index in [-0.39, 0.29) is 50.0 Å². The number of nitrogens with zero attached hydrogens (tertiary/aromatic N) is 1. The van der Waals surface area contributed by atoms with Crippen molar-refractivity contribution in [3.8, 4) is 0 Å². The van der Waals surface area contributed by atoms with E-state index in [1.54, 1.807) is 54.7 Å². The van der Waals surface area contributed by atoms with Gasteiger partial charge in [-0.05, 0) is 59.3 Å². The molecule has 0 fully saturated rings. The van der Waals surface area contributed by atoms with Gasteiger partial charge in [-0.15, -0.1) is 0 Å². The molecule has 1 unspecified atom stereocenters. The Bertz CT molecular complexity index is 1630. The Labute approximate surface area is 243 Å².